The molecule has 0 unspecified atom stereocenters. The molecule has 0 radical (unpaired) electrons. The summed E-state index contributed by atoms with van der Waals surface area (Å²) in [5.41, 5.74) is 5.78. The van der Waals surface area contributed by atoms with Crippen molar-refractivity contribution >= 4 is 28.5 Å². The van der Waals surface area contributed by atoms with Crippen LogP contribution in [-0.4, -0.2) is 22.5 Å². The largest absolute Gasteiger partial charge is 0.393 e. The monoisotopic (exact) mass is 296 g/mol. The smallest absolute Gasteiger partial charge is 0.0784 e. The van der Waals surface area contributed by atoms with Crippen LogP contribution >= 0.6 is 23.6 Å². The number of rotatable bonds is 8. The maximum atomic E-state index is 5.79. The van der Waals surface area contributed by atoms with Crippen LogP contribution in [0.25, 0.3) is 0 Å². The van der Waals surface area contributed by atoms with Crippen LogP contribution < -0.4 is 5.73 Å². The summed E-state index contributed by atoms with van der Waals surface area (Å²) in [4.78, 5) is 4.74. The lowest BCUT2D eigenvalue weighted by atomic mass is 9.88. The molecule has 1 heterocycles. The Bertz CT molecular complexity index is 408. The van der Waals surface area contributed by atoms with E-state index in [1.54, 1.807) is 0 Å². The van der Waals surface area contributed by atoms with E-state index < -0.39 is 0 Å². The standard InChI is InChI=1S/C15H24N2S2/c1-15(2,14(16)18)8-4-9-17(12-6-7-12)11-13-5-3-10-19-13/h3,5,10,12H,4,6-9,11H2,1-2H3,(H2,16,18). The molecule has 0 aliphatic heterocycles. The second-order valence-electron chi connectivity index (χ2n) is 6.13. The van der Waals surface area contributed by atoms with Crippen LogP contribution in [0, 0.1) is 5.41 Å². The van der Waals surface area contributed by atoms with E-state index in [-0.39, 0.29) is 5.41 Å². The first-order valence-corrected chi connectivity index (χ1v) is 8.34. The van der Waals surface area contributed by atoms with Crippen molar-refractivity contribution in [3.05, 3.63) is 22.4 Å². The summed E-state index contributed by atoms with van der Waals surface area (Å²) in [6, 6.07) is 5.19. The average Bonchev–Trinajstić information content (AvgIpc) is 3.06. The Morgan fingerprint density at radius 1 is 1.53 bits per heavy atom. The summed E-state index contributed by atoms with van der Waals surface area (Å²) >= 11 is 6.99. The predicted octanol–water partition coefficient (Wildman–Crippen LogP) is 3.81. The zero-order valence-corrected chi connectivity index (χ0v) is 13.5. The van der Waals surface area contributed by atoms with Crippen molar-refractivity contribution in [1.29, 1.82) is 0 Å². The quantitative estimate of drug-likeness (QED) is 0.740. The molecule has 1 fully saturated rings. The van der Waals surface area contributed by atoms with Gasteiger partial charge in [0.25, 0.3) is 0 Å². The summed E-state index contributed by atoms with van der Waals surface area (Å²) in [6.07, 6.45) is 4.98. The molecule has 0 atom stereocenters. The van der Waals surface area contributed by atoms with E-state index >= 15 is 0 Å². The summed E-state index contributed by atoms with van der Waals surface area (Å²) in [5, 5.41) is 2.16. The Balaban J connectivity index is 1.80. The van der Waals surface area contributed by atoms with Gasteiger partial charge in [-0.1, -0.05) is 32.1 Å². The lowest BCUT2D eigenvalue weighted by Crippen LogP contribution is -2.32. The van der Waals surface area contributed by atoms with E-state index in [1.807, 2.05) is 11.3 Å². The van der Waals surface area contributed by atoms with Gasteiger partial charge in [0.1, 0.15) is 0 Å². The fourth-order valence-electron chi connectivity index (χ4n) is 2.28. The zero-order chi connectivity index (χ0) is 13.9. The molecule has 0 saturated heterocycles. The van der Waals surface area contributed by atoms with Gasteiger partial charge in [0, 0.05) is 22.9 Å². The Labute approximate surface area is 126 Å². The number of thiocarbonyl (C=S) groups is 1. The lowest BCUT2D eigenvalue weighted by Gasteiger charge is -2.26. The molecular formula is C15H24N2S2. The van der Waals surface area contributed by atoms with Gasteiger partial charge < -0.3 is 5.73 Å². The Kier molecular flexibility index (Phi) is 4.98. The Morgan fingerprint density at radius 3 is 2.79 bits per heavy atom. The molecular weight excluding hydrogens is 272 g/mol. The van der Waals surface area contributed by atoms with Crippen molar-refractivity contribution < 1.29 is 0 Å². The van der Waals surface area contributed by atoms with Gasteiger partial charge in [-0.05, 0) is 43.7 Å². The van der Waals surface area contributed by atoms with Gasteiger partial charge >= 0.3 is 0 Å². The first kappa shape index (κ1) is 14.9. The highest BCUT2D eigenvalue weighted by atomic mass is 32.1. The van der Waals surface area contributed by atoms with E-state index in [0.29, 0.717) is 4.99 Å². The van der Waals surface area contributed by atoms with Crippen LogP contribution in [0.15, 0.2) is 17.5 Å². The summed E-state index contributed by atoms with van der Waals surface area (Å²) < 4.78 is 0. The predicted molar refractivity (Wildman–Crippen MR) is 87.6 cm³/mol. The van der Waals surface area contributed by atoms with Crippen molar-refractivity contribution in [2.45, 2.75) is 52.1 Å². The van der Waals surface area contributed by atoms with Crippen LogP contribution in [0.5, 0.6) is 0 Å². The lowest BCUT2D eigenvalue weighted by molar-refractivity contribution is 0.242. The first-order chi connectivity index (χ1) is 8.99. The van der Waals surface area contributed by atoms with Gasteiger partial charge in [-0.2, -0.15) is 0 Å². The van der Waals surface area contributed by atoms with Crippen LogP contribution in [-0.2, 0) is 6.54 Å². The molecule has 0 bridgehead atoms. The Hall–Kier alpha value is -0.450. The summed E-state index contributed by atoms with van der Waals surface area (Å²) in [6.45, 7) is 6.57. The molecule has 0 aromatic carbocycles. The first-order valence-electron chi connectivity index (χ1n) is 7.05. The normalized spacial score (nSPS) is 15.9. The summed E-state index contributed by atoms with van der Waals surface area (Å²) in [7, 11) is 0. The van der Waals surface area contributed by atoms with Crippen LogP contribution in [0.1, 0.15) is 44.4 Å². The number of nitrogens with two attached hydrogens (primary N) is 1. The minimum absolute atomic E-state index is 0.00646. The zero-order valence-electron chi connectivity index (χ0n) is 11.9. The van der Waals surface area contributed by atoms with Gasteiger partial charge in [0.05, 0.1) is 4.99 Å². The average molecular weight is 297 g/mol. The van der Waals surface area contributed by atoms with E-state index in [4.69, 9.17) is 18.0 Å². The topological polar surface area (TPSA) is 29.3 Å². The molecule has 1 saturated carbocycles. The molecule has 2 rings (SSSR count). The number of nitrogens with zero attached hydrogens (tertiary/aromatic N) is 1. The second-order valence-corrected chi connectivity index (χ2v) is 7.60. The molecule has 4 heteroatoms. The van der Waals surface area contributed by atoms with Crippen LogP contribution in [0.2, 0.25) is 0 Å². The highest BCUT2D eigenvalue weighted by Crippen LogP contribution is 2.30. The minimum Gasteiger partial charge on any atom is -0.393 e. The highest BCUT2D eigenvalue weighted by molar-refractivity contribution is 7.80. The molecule has 1 aromatic heterocycles. The van der Waals surface area contributed by atoms with Crippen molar-refractivity contribution in [1.82, 2.24) is 4.90 Å². The molecule has 1 aromatic rings. The third kappa shape index (κ3) is 4.55. The van der Waals surface area contributed by atoms with Crippen molar-refractivity contribution in [2.24, 2.45) is 11.1 Å². The van der Waals surface area contributed by atoms with E-state index in [9.17, 15) is 0 Å². The number of thiophene rings is 1. The third-order valence-corrected chi connectivity index (χ3v) is 5.33. The maximum Gasteiger partial charge on any atom is 0.0784 e. The molecule has 2 N–H and O–H groups in total. The maximum absolute atomic E-state index is 5.79. The third-order valence-electron chi connectivity index (χ3n) is 3.92. The van der Waals surface area contributed by atoms with E-state index in [0.717, 1.165) is 25.6 Å². The SMILES string of the molecule is CC(C)(CCCN(Cc1cccs1)C1CC1)C(N)=S. The number of hydrogen-bond acceptors (Lipinski definition) is 3. The van der Waals surface area contributed by atoms with E-state index in [1.165, 1.54) is 24.1 Å². The highest BCUT2D eigenvalue weighted by Gasteiger charge is 2.29. The fraction of sp³-hybridized carbons (Fsp3) is 0.667. The minimum atomic E-state index is -0.00646. The Morgan fingerprint density at radius 2 is 2.26 bits per heavy atom. The van der Waals surface area contributed by atoms with Crippen LogP contribution in [0.4, 0.5) is 0 Å². The van der Waals surface area contributed by atoms with Crippen molar-refractivity contribution in [3.63, 3.8) is 0 Å². The molecule has 1 aliphatic rings. The molecule has 0 amide bonds. The van der Waals surface area contributed by atoms with Gasteiger partial charge in [-0.25, -0.2) is 0 Å². The molecule has 19 heavy (non-hydrogen) atoms. The van der Waals surface area contributed by atoms with Gasteiger partial charge in [0.2, 0.25) is 0 Å². The van der Waals surface area contributed by atoms with Gasteiger partial charge in [-0.3, -0.25) is 4.90 Å². The fourth-order valence-corrected chi connectivity index (χ4v) is 3.11. The molecule has 1 aliphatic carbocycles. The van der Waals surface area contributed by atoms with Gasteiger partial charge in [-0.15, -0.1) is 11.3 Å². The van der Waals surface area contributed by atoms with Crippen molar-refractivity contribution in [3.8, 4) is 0 Å². The van der Waals surface area contributed by atoms with Crippen molar-refractivity contribution in [2.75, 3.05) is 6.54 Å². The number of hydrogen-bond donors (Lipinski definition) is 1. The molecule has 0 spiro atoms. The second kappa shape index (κ2) is 6.33. The van der Waals surface area contributed by atoms with Gasteiger partial charge in [0.15, 0.2) is 0 Å². The molecule has 2 nitrogen and oxygen atoms in total. The summed E-state index contributed by atoms with van der Waals surface area (Å²) in [5.74, 6) is 0. The van der Waals surface area contributed by atoms with E-state index in [2.05, 4.69) is 36.3 Å². The molecule has 106 valence electrons. The van der Waals surface area contributed by atoms with Crippen LogP contribution in [0.3, 0.4) is 0 Å².